The van der Waals surface area contributed by atoms with Crippen molar-refractivity contribution in [3.63, 3.8) is 0 Å². The number of benzene rings is 1. The Balaban J connectivity index is 1.33. The van der Waals surface area contributed by atoms with Crippen molar-refractivity contribution in [2.75, 3.05) is 37.7 Å². The number of anilines is 1. The molecule has 0 aromatic heterocycles. The van der Waals surface area contributed by atoms with E-state index in [0.717, 1.165) is 44.6 Å². The minimum Gasteiger partial charge on any atom is -0.390 e. The first-order valence-corrected chi connectivity index (χ1v) is 9.17. The molecule has 2 atom stereocenters. The van der Waals surface area contributed by atoms with Crippen molar-refractivity contribution in [2.45, 2.75) is 43.5 Å². The lowest BCUT2D eigenvalue weighted by molar-refractivity contribution is -0.187. The maximum absolute atomic E-state index is 12.7. The molecule has 0 radical (unpaired) electrons. The van der Waals surface area contributed by atoms with E-state index >= 15 is 0 Å². The highest BCUT2D eigenvalue weighted by Gasteiger charge is 2.43. The molecule has 25 heavy (non-hydrogen) atoms. The number of fused-ring (bicyclic) bond motifs is 1. The van der Waals surface area contributed by atoms with Crippen LogP contribution in [0.3, 0.4) is 0 Å². The molecule has 2 fully saturated rings. The van der Waals surface area contributed by atoms with E-state index < -0.39 is 12.2 Å². The van der Waals surface area contributed by atoms with Crippen LogP contribution in [0.4, 0.5) is 5.69 Å². The van der Waals surface area contributed by atoms with Gasteiger partial charge in [-0.25, -0.2) is 0 Å². The molecule has 6 heteroatoms. The van der Waals surface area contributed by atoms with Crippen LogP contribution < -0.4 is 4.90 Å². The molecule has 0 aliphatic carbocycles. The summed E-state index contributed by atoms with van der Waals surface area (Å²) < 4.78 is 5.86. The van der Waals surface area contributed by atoms with E-state index in [4.69, 9.17) is 4.74 Å². The zero-order valence-corrected chi connectivity index (χ0v) is 14.4. The van der Waals surface area contributed by atoms with Gasteiger partial charge in [-0.1, -0.05) is 18.2 Å². The van der Waals surface area contributed by atoms with Crippen LogP contribution in [0.2, 0.25) is 0 Å². The smallest absolute Gasteiger partial charge is 0.241 e. The van der Waals surface area contributed by atoms with Gasteiger partial charge in [-0.2, -0.15) is 0 Å². The maximum atomic E-state index is 12.7. The van der Waals surface area contributed by atoms with Crippen LogP contribution in [0.25, 0.3) is 0 Å². The molecule has 0 saturated carbocycles. The number of nitrogens with zero attached hydrogens (tertiary/aromatic N) is 2. The fourth-order valence-electron chi connectivity index (χ4n) is 4.29. The summed E-state index contributed by atoms with van der Waals surface area (Å²) in [4.78, 5) is 16.8. The third-order valence-electron chi connectivity index (χ3n) is 5.90. The Labute approximate surface area is 148 Å². The van der Waals surface area contributed by atoms with Gasteiger partial charge in [-0.3, -0.25) is 9.69 Å². The number of rotatable bonds is 2. The Hall–Kier alpha value is -1.47. The van der Waals surface area contributed by atoms with E-state index in [0.29, 0.717) is 13.0 Å². The molecule has 1 spiro atoms. The van der Waals surface area contributed by atoms with Crippen LogP contribution in [0.15, 0.2) is 24.3 Å². The van der Waals surface area contributed by atoms with Crippen molar-refractivity contribution >= 4 is 11.6 Å². The molecule has 0 bridgehead atoms. The van der Waals surface area contributed by atoms with E-state index in [9.17, 15) is 15.0 Å². The summed E-state index contributed by atoms with van der Waals surface area (Å²) in [5.74, 6) is 0.154. The Kier molecular flexibility index (Phi) is 4.54. The number of carbonyl (C=O) groups is 1. The van der Waals surface area contributed by atoms with Gasteiger partial charge < -0.3 is 19.8 Å². The van der Waals surface area contributed by atoms with Crippen LogP contribution in [-0.2, 0) is 16.0 Å². The average molecular weight is 346 g/mol. The Morgan fingerprint density at radius 1 is 1.16 bits per heavy atom. The predicted molar refractivity (Wildman–Crippen MR) is 93.5 cm³/mol. The molecule has 0 unspecified atom stereocenters. The van der Waals surface area contributed by atoms with Gasteiger partial charge in [-0.15, -0.1) is 0 Å². The Bertz CT molecular complexity index is 642. The van der Waals surface area contributed by atoms with Crippen LogP contribution >= 0.6 is 0 Å². The zero-order chi connectivity index (χ0) is 17.4. The third-order valence-corrected chi connectivity index (χ3v) is 5.90. The normalized spacial score (nSPS) is 29.0. The second kappa shape index (κ2) is 6.68. The summed E-state index contributed by atoms with van der Waals surface area (Å²) >= 11 is 0. The summed E-state index contributed by atoms with van der Waals surface area (Å²) in [6.07, 6.45) is 1.51. The number of aliphatic hydroxyl groups is 2. The molecule has 2 saturated heterocycles. The standard InChI is InChI=1S/C19H26N2O4/c22-16-11-19(25-13-17(16)23)6-9-20(10-7-19)12-18(24)21-8-5-14-3-1-2-4-15(14)21/h1-4,16-17,22-23H,5-13H2/t16-,17+/m1/s1. The number of hydrogen-bond acceptors (Lipinski definition) is 5. The molecule has 6 nitrogen and oxygen atoms in total. The number of likely N-dealkylation sites (tertiary alicyclic amines) is 1. The van der Waals surface area contributed by atoms with Crippen LogP contribution in [-0.4, -0.2) is 71.6 Å². The van der Waals surface area contributed by atoms with Gasteiger partial charge in [-0.05, 0) is 30.9 Å². The molecular weight excluding hydrogens is 320 g/mol. The molecule has 3 heterocycles. The molecular formula is C19H26N2O4. The first kappa shape index (κ1) is 17.0. The van der Waals surface area contributed by atoms with Crippen molar-refractivity contribution in [3.05, 3.63) is 29.8 Å². The van der Waals surface area contributed by atoms with Crippen molar-refractivity contribution < 1.29 is 19.7 Å². The van der Waals surface area contributed by atoms with E-state index in [1.54, 1.807) is 0 Å². The second-order valence-electron chi connectivity index (χ2n) is 7.53. The molecule has 1 aromatic rings. The number of piperidine rings is 1. The number of amides is 1. The third kappa shape index (κ3) is 3.31. The topological polar surface area (TPSA) is 73.2 Å². The highest BCUT2D eigenvalue weighted by Crippen LogP contribution is 2.35. The quantitative estimate of drug-likeness (QED) is 0.818. The monoisotopic (exact) mass is 346 g/mol. The first-order chi connectivity index (χ1) is 12.1. The maximum Gasteiger partial charge on any atom is 0.241 e. The molecule has 3 aliphatic rings. The van der Waals surface area contributed by atoms with Crippen LogP contribution in [0, 0.1) is 0 Å². The number of carbonyl (C=O) groups excluding carboxylic acids is 1. The van der Waals surface area contributed by atoms with Gasteiger partial charge in [0.05, 0.1) is 24.9 Å². The first-order valence-electron chi connectivity index (χ1n) is 9.17. The summed E-state index contributed by atoms with van der Waals surface area (Å²) in [5.41, 5.74) is 1.96. The highest BCUT2D eigenvalue weighted by atomic mass is 16.5. The average Bonchev–Trinajstić information content (AvgIpc) is 3.05. The summed E-state index contributed by atoms with van der Waals surface area (Å²) in [5, 5.41) is 19.6. The summed E-state index contributed by atoms with van der Waals surface area (Å²) in [7, 11) is 0. The van der Waals surface area contributed by atoms with Gasteiger partial charge in [0, 0.05) is 31.7 Å². The summed E-state index contributed by atoms with van der Waals surface area (Å²) in [6.45, 7) is 2.96. The number of para-hydroxylation sites is 1. The predicted octanol–water partition coefficient (Wildman–Crippen LogP) is 0.552. The lowest BCUT2D eigenvalue weighted by atomic mass is 9.82. The number of ether oxygens (including phenoxy) is 1. The molecule has 2 N–H and O–H groups in total. The Morgan fingerprint density at radius 2 is 1.92 bits per heavy atom. The minimum atomic E-state index is -0.777. The zero-order valence-electron chi connectivity index (χ0n) is 14.4. The fraction of sp³-hybridized carbons (Fsp3) is 0.632. The van der Waals surface area contributed by atoms with Gasteiger partial charge >= 0.3 is 0 Å². The van der Waals surface area contributed by atoms with E-state index in [1.807, 2.05) is 23.1 Å². The Morgan fingerprint density at radius 3 is 2.68 bits per heavy atom. The molecule has 3 aliphatic heterocycles. The molecule has 1 amide bonds. The molecule has 136 valence electrons. The lowest BCUT2D eigenvalue weighted by Gasteiger charge is -2.46. The van der Waals surface area contributed by atoms with Gasteiger partial charge in [0.2, 0.25) is 5.91 Å². The SMILES string of the molecule is O=C(CN1CCC2(CC1)C[C@@H](O)[C@@H](O)CO2)N1CCc2ccccc21. The fourth-order valence-corrected chi connectivity index (χ4v) is 4.29. The highest BCUT2D eigenvalue weighted by molar-refractivity contribution is 5.96. The summed E-state index contributed by atoms with van der Waals surface area (Å²) in [6, 6.07) is 8.11. The van der Waals surface area contributed by atoms with Crippen molar-refractivity contribution in [2.24, 2.45) is 0 Å². The minimum absolute atomic E-state index is 0.154. The molecule has 4 rings (SSSR count). The van der Waals surface area contributed by atoms with Crippen molar-refractivity contribution in [1.82, 2.24) is 4.90 Å². The van der Waals surface area contributed by atoms with Gasteiger partial charge in [0.1, 0.15) is 6.10 Å². The molecule has 1 aromatic carbocycles. The van der Waals surface area contributed by atoms with E-state index in [-0.39, 0.29) is 18.1 Å². The van der Waals surface area contributed by atoms with E-state index in [1.165, 1.54) is 5.56 Å². The second-order valence-corrected chi connectivity index (χ2v) is 7.53. The van der Waals surface area contributed by atoms with Gasteiger partial charge in [0.25, 0.3) is 0 Å². The number of aliphatic hydroxyl groups excluding tert-OH is 2. The van der Waals surface area contributed by atoms with E-state index in [2.05, 4.69) is 11.0 Å². The van der Waals surface area contributed by atoms with Gasteiger partial charge in [0.15, 0.2) is 0 Å². The van der Waals surface area contributed by atoms with Crippen molar-refractivity contribution in [3.8, 4) is 0 Å². The van der Waals surface area contributed by atoms with Crippen molar-refractivity contribution in [1.29, 1.82) is 0 Å². The lowest BCUT2D eigenvalue weighted by Crippen LogP contribution is -2.55. The largest absolute Gasteiger partial charge is 0.390 e. The van der Waals surface area contributed by atoms with Crippen LogP contribution in [0.5, 0.6) is 0 Å². The number of hydrogen-bond donors (Lipinski definition) is 2. The van der Waals surface area contributed by atoms with Crippen LogP contribution in [0.1, 0.15) is 24.8 Å².